The highest BCUT2D eigenvalue weighted by Gasteiger charge is 2.39. The first-order chi connectivity index (χ1) is 10.5. The van der Waals surface area contributed by atoms with Crippen molar-refractivity contribution in [2.75, 3.05) is 29.5 Å². The van der Waals surface area contributed by atoms with E-state index in [-0.39, 0.29) is 4.75 Å². The second-order valence-electron chi connectivity index (χ2n) is 5.78. The van der Waals surface area contributed by atoms with Gasteiger partial charge in [0, 0.05) is 36.7 Å². The molecule has 7 nitrogen and oxygen atoms in total. The van der Waals surface area contributed by atoms with Crippen LogP contribution < -0.4 is 10.6 Å². The van der Waals surface area contributed by atoms with Crippen LogP contribution in [0.1, 0.15) is 26.7 Å². The molecular formula is C14H22N6OS. The van der Waals surface area contributed by atoms with Crippen molar-refractivity contribution in [2.45, 2.75) is 31.4 Å². The van der Waals surface area contributed by atoms with Gasteiger partial charge in [-0.2, -0.15) is 15.1 Å². The van der Waals surface area contributed by atoms with Gasteiger partial charge in [0.1, 0.15) is 5.82 Å². The highest BCUT2D eigenvalue weighted by Crippen LogP contribution is 2.31. The van der Waals surface area contributed by atoms with Crippen LogP contribution in [0.3, 0.4) is 0 Å². The summed E-state index contributed by atoms with van der Waals surface area (Å²) in [6, 6.07) is 0. The maximum Gasteiger partial charge on any atom is 0.229 e. The zero-order chi connectivity index (χ0) is 15.9. The molecule has 1 aliphatic heterocycles. The number of nitrogens with zero attached hydrogens (tertiary/aromatic N) is 5. The molecule has 0 amide bonds. The normalized spacial score (nSPS) is 21.4. The number of aromatic nitrogens is 4. The molecule has 8 heteroatoms. The molecule has 3 heterocycles. The molecular weight excluding hydrogens is 300 g/mol. The maximum atomic E-state index is 12.5. The van der Waals surface area contributed by atoms with Crippen molar-refractivity contribution in [1.82, 2.24) is 19.7 Å². The molecule has 0 aromatic carbocycles. The van der Waals surface area contributed by atoms with E-state index < -0.39 is 10.8 Å². The number of hydrogen-bond acceptors (Lipinski definition) is 6. The van der Waals surface area contributed by atoms with Crippen molar-refractivity contribution in [3.63, 3.8) is 0 Å². The van der Waals surface area contributed by atoms with Crippen molar-refractivity contribution in [3.8, 4) is 0 Å². The minimum absolute atomic E-state index is 0.183. The van der Waals surface area contributed by atoms with E-state index in [4.69, 9.17) is 5.73 Å². The summed E-state index contributed by atoms with van der Waals surface area (Å²) in [5.74, 6) is 1.70. The van der Waals surface area contributed by atoms with Crippen molar-refractivity contribution >= 4 is 33.6 Å². The van der Waals surface area contributed by atoms with Gasteiger partial charge in [-0.1, -0.05) is 13.8 Å². The summed E-state index contributed by atoms with van der Waals surface area (Å²) in [7, 11) is 1.03. The molecule has 22 heavy (non-hydrogen) atoms. The molecule has 3 rings (SSSR count). The predicted octanol–water partition coefficient (Wildman–Crippen LogP) is 1.07. The van der Waals surface area contributed by atoms with Gasteiger partial charge in [0.2, 0.25) is 5.95 Å². The van der Waals surface area contributed by atoms with Crippen LogP contribution >= 0.6 is 0 Å². The monoisotopic (exact) mass is 322 g/mol. The summed E-state index contributed by atoms with van der Waals surface area (Å²) in [5.41, 5.74) is 6.78. The van der Waals surface area contributed by atoms with Gasteiger partial charge in [0.15, 0.2) is 5.65 Å². The zero-order valence-corrected chi connectivity index (χ0v) is 14.1. The first-order valence-corrected chi connectivity index (χ1v) is 8.91. The molecule has 120 valence electrons. The molecule has 1 fully saturated rings. The number of aryl methyl sites for hydroxylation is 1. The third-order valence-electron chi connectivity index (χ3n) is 4.69. The van der Waals surface area contributed by atoms with Crippen molar-refractivity contribution in [2.24, 2.45) is 7.05 Å². The Bertz CT molecular complexity index is 723. The van der Waals surface area contributed by atoms with Gasteiger partial charge in [-0.25, -0.2) is 0 Å². The Hall–Kier alpha value is -1.70. The second-order valence-corrected chi connectivity index (χ2v) is 7.74. The number of nitrogens with two attached hydrogens (primary N) is 1. The molecule has 1 atom stereocenters. The van der Waals surface area contributed by atoms with Crippen molar-refractivity contribution in [3.05, 3.63) is 6.20 Å². The molecule has 1 aliphatic rings. The number of nitrogen functional groups attached to an aromatic ring is 1. The molecule has 2 N–H and O–H groups in total. The Morgan fingerprint density at radius 1 is 1.36 bits per heavy atom. The van der Waals surface area contributed by atoms with Crippen LogP contribution in [0.4, 0.5) is 11.8 Å². The number of hydrogen-bond donors (Lipinski definition) is 1. The fourth-order valence-corrected chi connectivity index (χ4v) is 4.81. The summed E-state index contributed by atoms with van der Waals surface area (Å²) < 4.78 is 14.0. The van der Waals surface area contributed by atoms with E-state index >= 15 is 0 Å². The summed E-state index contributed by atoms with van der Waals surface area (Å²) >= 11 is 0. The minimum Gasteiger partial charge on any atom is -0.383 e. The number of anilines is 2. The third-order valence-corrected chi connectivity index (χ3v) is 6.92. The fraction of sp³-hybridized carbons (Fsp3) is 0.643. The molecule has 0 aliphatic carbocycles. The average Bonchev–Trinajstić information content (AvgIpc) is 2.90. The maximum absolute atomic E-state index is 12.5. The van der Waals surface area contributed by atoms with Crippen LogP contribution in [0.5, 0.6) is 0 Å². The SMILES string of the molecule is CCC1(CC)CN(c2nc(N)c3cnn(C)c3n2)CCS1=O. The number of fused-ring (bicyclic) bond motifs is 1. The van der Waals surface area contributed by atoms with Gasteiger partial charge >= 0.3 is 0 Å². The van der Waals surface area contributed by atoms with Crippen LogP contribution in [0, 0.1) is 0 Å². The molecule has 0 saturated carbocycles. The Morgan fingerprint density at radius 2 is 2.09 bits per heavy atom. The highest BCUT2D eigenvalue weighted by atomic mass is 32.2. The molecule has 0 bridgehead atoms. The first kappa shape index (κ1) is 15.2. The minimum atomic E-state index is -0.806. The van der Waals surface area contributed by atoms with Crippen molar-refractivity contribution in [1.29, 1.82) is 0 Å². The standard InChI is InChI=1S/C14H22N6OS/c1-4-14(5-2)9-20(6-7-22(14)21)13-17-11(15)10-8-16-19(3)12(10)18-13/h8H,4-7,9H2,1-3H3,(H2,15,17,18). The van der Waals surface area contributed by atoms with Crippen molar-refractivity contribution < 1.29 is 4.21 Å². The van der Waals surface area contributed by atoms with E-state index in [0.717, 1.165) is 23.9 Å². The second kappa shape index (κ2) is 5.49. The summed E-state index contributed by atoms with van der Waals surface area (Å²) in [5, 5.41) is 4.95. The first-order valence-electron chi connectivity index (χ1n) is 7.59. The molecule has 2 aromatic rings. The Kier molecular flexibility index (Phi) is 3.80. The van der Waals surface area contributed by atoms with E-state index in [1.54, 1.807) is 10.9 Å². The quantitative estimate of drug-likeness (QED) is 0.909. The number of rotatable bonds is 3. The van der Waals surface area contributed by atoms with E-state index in [1.807, 2.05) is 7.05 Å². The molecule has 0 spiro atoms. The van der Waals surface area contributed by atoms with Crippen LogP contribution in [-0.2, 0) is 17.8 Å². The predicted molar refractivity (Wildman–Crippen MR) is 89.3 cm³/mol. The van der Waals surface area contributed by atoms with Gasteiger partial charge in [0.05, 0.1) is 16.3 Å². The van der Waals surface area contributed by atoms with Crippen LogP contribution in [0.2, 0.25) is 0 Å². The molecule has 2 aromatic heterocycles. The van der Waals surface area contributed by atoms with Crippen LogP contribution in [-0.4, -0.2) is 47.5 Å². The topological polar surface area (TPSA) is 89.9 Å². The fourth-order valence-electron chi connectivity index (χ4n) is 3.05. The van der Waals surface area contributed by atoms with Crippen LogP contribution in [0.25, 0.3) is 11.0 Å². The molecule has 1 saturated heterocycles. The smallest absolute Gasteiger partial charge is 0.229 e. The lowest BCUT2D eigenvalue weighted by Crippen LogP contribution is -2.53. The van der Waals surface area contributed by atoms with E-state index in [2.05, 4.69) is 33.8 Å². The Balaban J connectivity index is 2.00. The third kappa shape index (κ3) is 2.25. The lowest BCUT2D eigenvalue weighted by atomic mass is 10.0. The van der Waals surface area contributed by atoms with Crippen LogP contribution in [0.15, 0.2) is 6.20 Å². The Morgan fingerprint density at radius 3 is 2.77 bits per heavy atom. The van der Waals surface area contributed by atoms with E-state index in [9.17, 15) is 4.21 Å². The lowest BCUT2D eigenvalue weighted by molar-refractivity contribution is 0.492. The van der Waals surface area contributed by atoms with Gasteiger partial charge in [-0.3, -0.25) is 8.89 Å². The average molecular weight is 322 g/mol. The Labute approximate surface area is 132 Å². The van der Waals surface area contributed by atoms with Gasteiger partial charge in [0.25, 0.3) is 0 Å². The van der Waals surface area contributed by atoms with E-state index in [1.165, 1.54) is 0 Å². The molecule has 0 radical (unpaired) electrons. The van der Waals surface area contributed by atoms with Gasteiger partial charge in [-0.15, -0.1) is 0 Å². The van der Waals surface area contributed by atoms with Gasteiger partial charge < -0.3 is 10.6 Å². The lowest BCUT2D eigenvalue weighted by Gasteiger charge is -2.41. The highest BCUT2D eigenvalue weighted by molar-refractivity contribution is 7.86. The zero-order valence-electron chi connectivity index (χ0n) is 13.2. The summed E-state index contributed by atoms with van der Waals surface area (Å²) in [4.78, 5) is 11.2. The summed E-state index contributed by atoms with van der Waals surface area (Å²) in [6.45, 7) is 5.60. The molecule has 1 unspecified atom stereocenters. The summed E-state index contributed by atoms with van der Waals surface area (Å²) in [6.07, 6.45) is 3.45. The van der Waals surface area contributed by atoms with E-state index in [0.29, 0.717) is 30.6 Å². The van der Waals surface area contributed by atoms with Gasteiger partial charge in [-0.05, 0) is 12.8 Å². The largest absolute Gasteiger partial charge is 0.383 e.